The second kappa shape index (κ2) is 29.2. The molecule has 0 fully saturated rings. The SMILES string of the molecule is Cc1ccc2c(oc3ccc4ccccc4c32)c1-c1cc(C)c2ccccc2[n+]1C.Cc1ccc2c(oc3ccc4ccccc4c32)c1-c1cc2ccccc2c[n+]1C.Cc1ccc2c(oc3ccc4ccccc4c32)c1-c1ccc2ccccc2[n+]1C.[2H]C([2H])([2H])C([2H])(C)c1ccc2c(-c3c(C)c(C)cc4c3oc3ccc5ccccc5c34)[n+](C)ccc2c1. The van der Waals surface area contributed by atoms with E-state index in [9.17, 15) is 0 Å². The van der Waals surface area contributed by atoms with Gasteiger partial charge in [-0.15, -0.1) is 0 Å². The molecule has 0 bridgehead atoms. The molecule has 8 heterocycles. The number of aryl methyl sites for hydroxylation is 9. The highest BCUT2D eigenvalue weighted by molar-refractivity contribution is 6.25. The number of nitrogens with zero attached hydrogens (tertiary/aromatic N) is 4. The first-order valence-electron chi connectivity index (χ1n) is 43.5. The molecule has 0 aliphatic carbocycles. The van der Waals surface area contributed by atoms with E-state index in [1.54, 1.807) is 6.07 Å². The molecular formula is C113H90N4O4+4. The van der Waals surface area contributed by atoms with Crippen molar-refractivity contribution in [2.45, 2.75) is 61.2 Å². The van der Waals surface area contributed by atoms with Crippen LogP contribution in [0.4, 0.5) is 0 Å². The van der Waals surface area contributed by atoms with Gasteiger partial charge >= 0.3 is 0 Å². The topological polar surface area (TPSA) is 68.1 Å². The van der Waals surface area contributed by atoms with Gasteiger partial charge in [-0.05, 0) is 201 Å². The zero-order valence-corrected chi connectivity index (χ0v) is 69.5. The number of fused-ring (bicyclic) bond motifs is 24. The average Bonchev–Trinajstić information content (AvgIpc) is 1.60. The number of hydrogen-bond acceptors (Lipinski definition) is 4. The number of aromatic nitrogens is 4. The molecule has 24 rings (SSSR count). The van der Waals surface area contributed by atoms with Crippen molar-refractivity contribution in [1.29, 1.82) is 0 Å². The second-order valence-electron chi connectivity index (χ2n) is 32.7. The molecular weight excluding hydrogens is 1480 g/mol. The monoisotopic (exact) mass is 1570 g/mol. The van der Waals surface area contributed by atoms with Gasteiger partial charge in [0.05, 0.1) is 27.6 Å². The van der Waals surface area contributed by atoms with Crippen LogP contribution in [0.3, 0.4) is 0 Å². The third-order valence-corrected chi connectivity index (χ3v) is 25.4. The normalized spacial score (nSPS) is 13.0. The highest BCUT2D eigenvalue weighted by atomic mass is 16.3. The largest absolute Gasteiger partial charge is 0.455 e. The van der Waals surface area contributed by atoms with E-state index in [0.29, 0.717) is 5.56 Å². The van der Waals surface area contributed by atoms with E-state index in [2.05, 4.69) is 366 Å². The van der Waals surface area contributed by atoms with Crippen LogP contribution < -0.4 is 18.3 Å². The first-order chi connectivity index (χ1) is 60.5. The number of para-hydroxylation sites is 2. The van der Waals surface area contributed by atoms with Crippen molar-refractivity contribution in [2.24, 2.45) is 28.2 Å². The molecule has 8 heteroatoms. The molecule has 1 atom stereocenters. The summed E-state index contributed by atoms with van der Waals surface area (Å²) < 4.78 is 67.1. The first kappa shape index (κ1) is 69.5. The van der Waals surface area contributed by atoms with Crippen molar-refractivity contribution in [3.05, 3.63) is 361 Å². The molecule has 8 aromatic heterocycles. The number of rotatable bonds is 5. The molecule has 121 heavy (non-hydrogen) atoms. The summed E-state index contributed by atoms with van der Waals surface area (Å²) in [5.41, 5.74) is 26.6. The van der Waals surface area contributed by atoms with Crippen LogP contribution in [-0.2, 0) is 28.2 Å². The van der Waals surface area contributed by atoms with Crippen LogP contribution >= 0.6 is 0 Å². The average molecular weight is 1570 g/mol. The zero-order valence-electron chi connectivity index (χ0n) is 73.5. The molecule has 8 nitrogen and oxygen atoms in total. The van der Waals surface area contributed by atoms with Gasteiger partial charge in [0.1, 0.15) is 72.9 Å². The lowest BCUT2D eigenvalue weighted by atomic mass is 9.92. The standard InChI is InChI=1S/C31H28NO.C28H22NO.2C27H20NO/c1-18(2)22-10-12-25-23(17-22)14-15-32(5)30(25)28-20(4)19(3)16-26-29-24-9-7-6-8-21(24)11-13-27(29)33-31(26)28;1-17-12-14-22-27-21-10-5-4-8-19(21)13-15-25(27)30-28(22)26(17)24-16-18(2)20-9-6-7-11-23(20)29(24)3;1-17-11-14-21-26-20-9-5-3-7-18(20)13-16-24(26)29-27(21)25(17)23-15-12-19-8-4-6-10-22(19)28(23)2;1-17-11-13-22-26-21-10-6-5-7-18(21)12-14-24(26)29-27(22)25(17)23-15-19-8-3-4-9-20(19)16-28(23)2/h6-18H,1-5H3;4-16H,1-3H3;2*3-16H,1-2H3/q4*+1/i1D3,18D;;;. The molecule has 0 aliphatic rings. The van der Waals surface area contributed by atoms with Crippen molar-refractivity contribution < 1.29 is 41.4 Å². The van der Waals surface area contributed by atoms with E-state index in [-0.39, 0.29) is 0 Å². The number of benzene rings is 16. The zero-order chi connectivity index (χ0) is 85.7. The summed E-state index contributed by atoms with van der Waals surface area (Å²) in [6.45, 7) is 12.0. The molecule has 0 aliphatic heterocycles. The minimum Gasteiger partial charge on any atom is -0.455 e. The van der Waals surface area contributed by atoms with Gasteiger partial charge in [0.15, 0.2) is 12.4 Å². The Kier molecular flexibility index (Phi) is 16.8. The molecule has 0 N–H and O–H groups in total. The maximum absolute atomic E-state index is 8.57. The van der Waals surface area contributed by atoms with E-state index < -0.39 is 12.7 Å². The van der Waals surface area contributed by atoms with Gasteiger partial charge in [-0.2, -0.15) is 9.13 Å². The molecule has 0 amide bonds. The van der Waals surface area contributed by atoms with Gasteiger partial charge in [-0.3, -0.25) is 0 Å². The molecule has 24 aromatic rings. The van der Waals surface area contributed by atoms with Gasteiger partial charge < -0.3 is 17.7 Å². The smallest absolute Gasteiger partial charge is 0.224 e. The summed E-state index contributed by atoms with van der Waals surface area (Å²) in [5, 5.41) is 25.9. The van der Waals surface area contributed by atoms with Crippen LogP contribution in [0, 0.1) is 41.5 Å². The Labute approximate surface area is 706 Å². The molecule has 0 spiro atoms. The van der Waals surface area contributed by atoms with Crippen molar-refractivity contribution in [2.75, 3.05) is 0 Å². The van der Waals surface area contributed by atoms with Crippen molar-refractivity contribution >= 4 is 174 Å². The summed E-state index contributed by atoms with van der Waals surface area (Å²) in [6, 6.07) is 108. The Hall–Kier alpha value is -14.6. The fraction of sp³-hybridized carbons (Fsp3) is 0.115. The van der Waals surface area contributed by atoms with E-state index in [4.69, 9.17) is 23.2 Å². The highest BCUT2D eigenvalue weighted by Gasteiger charge is 2.30. The van der Waals surface area contributed by atoms with Crippen molar-refractivity contribution in [3.63, 3.8) is 0 Å². The van der Waals surface area contributed by atoms with Crippen LogP contribution in [0.5, 0.6) is 0 Å². The number of pyridine rings is 4. The van der Waals surface area contributed by atoms with Crippen LogP contribution in [0.2, 0.25) is 0 Å². The minimum absolute atomic E-state index is 0.473. The van der Waals surface area contributed by atoms with Crippen molar-refractivity contribution in [1.82, 2.24) is 0 Å². The summed E-state index contributed by atoms with van der Waals surface area (Å²) in [7, 11) is 8.41. The summed E-state index contributed by atoms with van der Waals surface area (Å²) in [5.74, 6) is -1.70. The van der Waals surface area contributed by atoms with Gasteiger partial charge in [0.25, 0.3) is 0 Å². The lowest BCUT2D eigenvalue weighted by Crippen LogP contribution is -2.32. The van der Waals surface area contributed by atoms with Gasteiger partial charge in [0, 0.05) is 101 Å². The third-order valence-electron chi connectivity index (χ3n) is 25.4. The van der Waals surface area contributed by atoms with Crippen LogP contribution in [0.1, 0.15) is 64.1 Å². The maximum atomic E-state index is 8.57. The fourth-order valence-electron chi connectivity index (χ4n) is 19.2. The Morgan fingerprint density at radius 3 is 1.20 bits per heavy atom. The quantitative estimate of drug-likeness (QED) is 0.161. The Balaban J connectivity index is 0.000000102. The molecule has 0 saturated heterocycles. The van der Waals surface area contributed by atoms with Gasteiger partial charge in [-0.1, -0.05) is 226 Å². The lowest BCUT2D eigenvalue weighted by molar-refractivity contribution is -0.659. The third kappa shape index (κ3) is 12.2. The molecule has 16 aromatic carbocycles. The van der Waals surface area contributed by atoms with Gasteiger partial charge in [0.2, 0.25) is 33.8 Å². The highest BCUT2D eigenvalue weighted by Crippen LogP contribution is 2.47. The lowest BCUT2D eigenvalue weighted by Gasteiger charge is -2.12. The predicted octanol–water partition coefficient (Wildman–Crippen LogP) is 28.5. The molecule has 0 radical (unpaired) electrons. The fourth-order valence-corrected chi connectivity index (χ4v) is 19.2. The van der Waals surface area contributed by atoms with E-state index in [0.717, 1.165) is 106 Å². The van der Waals surface area contributed by atoms with Gasteiger partial charge in [-0.25, -0.2) is 9.13 Å². The Bertz CT molecular complexity index is 8500. The van der Waals surface area contributed by atoms with E-state index in [1.165, 1.54) is 154 Å². The first-order valence-corrected chi connectivity index (χ1v) is 41.5. The maximum Gasteiger partial charge on any atom is 0.224 e. The number of hydrogen-bond donors (Lipinski definition) is 0. The van der Waals surface area contributed by atoms with E-state index >= 15 is 0 Å². The Morgan fingerprint density at radius 1 is 0.281 bits per heavy atom. The predicted molar refractivity (Wildman–Crippen MR) is 504 cm³/mol. The second-order valence-corrected chi connectivity index (χ2v) is 32.7. The van der Waals surface area contributed by atoms with E-state index in [1.807, 2.05) is 37.5 Å². The van der Waals surface area contributed by atoms with Crippen LogP contribution in [0.15, 0.2) is 339 Å². The van der Waals surface area contributed by atoms with Crippen LogP contribution in [0.25, 0.3) is 219 Å². The van der Waals surface area contributed by atoms with Crippen molar-refractivity contribution in [3.8, 4) is 45.0 Å². The minimum atomic E-state index is -2.43. The molecule has 0 saturated carbocycles. The number of furan rings is 4. The summed E-state index contributed by atoms with van der Waals surface area (Å²) >= 11 is 0. The Morgan fingerprint density at radius 2 is 0.686 bits per heavy atom. The molecule has 1 unspecified atom stereocenters. The van der Waals surface area contributed by atoms with Crippen LogP contribution in [-0.4, -0.2) is 0 Å². The summed E-state index contributed by atoms with van der Waals surface area (Å²) in [4.78, 5) is 0. The summed E-state index contributed by atoms with van der Waals surface area (Å²) in [6.07, 6.45) is 4.19. The molecule has 582 valence electrons.